The van der Waals surface area contributed by atoms with Gasteiger partial charge in [-0.25, -0.2) is 0 Å². The second kappa shape index (κ2) is 6.34. The number of rotatable bonds is 8. The molecule has 1 heterocycles. The van der Waals surface area contributed by atoms with Gasteiger partial charge in [0, 0.05) is 19.6 Å². The number of anilines is 2. The van der Waals surface area contributed by atoms with Gasteiger partial charge >= 0.3 is 0 Å². The normalized spacial score (nSPS) is 18.1. The van der Waals surface area contributed by atoms with Crippen LogP contribution in [0.15, 0.2) is 0 Å². The van der Waals surface area contributed by atoms with E-state index in [-0.39, 0.29) is 5.28 Å². The number of nitrogens with one attached hydrogen (secondary N) is 1. The lowest BCUT2D eigenvalue weighted by atomic mass is 9.98. The Morgan fingerprint density at radius 1 is 1.10 bits per heavy atom. The van der Waals surface area contributed by atoms with E-state index in [9.17, 15) is 0 Å². The van der Waals surface area contributed by atoms with Crippen molar-refractivity contribution < 1.29 is 0 Å². The third-order valence-electron chi connectivity index (χ3n) is 4.59. The van der Waals surface area contributed by atoms with E-state index >= 15 is 0 Å². The van der Waals surface area contributed by atoms with Crippen LogP contribution in [-0.2, 0) is 0 Å². The predicted octanol–water partition coefficient (Wildman–Crippen LogP) is 3.22. The van der Waals surface area contributed by atoms with Crippen LogP contribution in [-0.4, -0.2) is 34.6 Å². The van der Waals surface area contributed by atoms with Gasteiger partial charge in [0.05, 0.1) is 0 Å². The lowest BCUT2D eigenvalue weighted by molar-refractivity contribution is 0.427. The summed E-state index contributed by atoms with van der Waals surface area (Å²) < 4.78 is 0. The summed E-state index contributed by atoms with van der Waals surface area (Å²) in [6.45, 7) is 6.87. The Bertz CT molecular complexity index is 471. The monoisotopic (exact) mass is 309 g/mol. The third-order valence-corrected chi connectivity index (χ3v) is 4.76. The van der Waals surface area contributed by atoms with Crippen LogP contribution >= 0.6 is 11.6 Å². The fraction of sp³-hybridized carbons (Fsp3) is 0.800. The SMILES string of the molecule is CCN(CC)c1nc(Cl)nc(NCC(C2CC2)C2CC2)n1. The summed E-state index contributed by atoms with van der Waals surface area (Å²) in [6, 6.07) is 0. The highest BCUT2D eigenvalue weighted by molar-refractivity contribution is 6.28. The average Bonchev–Trinajstić information content (AvgIpc) is 3.34. The topological polar surface area (TPSA) is 53.9 Å². The Balaban J connectivity index is 1.66. The molecule has 0 amide bonds. The fourth-order valence-electron chi connectivity index (χ4n) is 3.04. The van der Waals surface area contributed by atoms with Crippen molar-refractivity contribution in [3.63, 3.8) is 0 Å². The van der Waals surface area contributed by atoms with Crippen LogP contribution in [0.25, 0.3) is 0 Å². The second-order valence-electron chi connectivity index (χ2n) is 6.12. The summed E-state index contributed by atoms with van der Waals surface area (Å²) >= 11 is 6.04. The van der Waals surface area contributed by atoms with Gasteiger partial charge < -0.3 is 10.2 Å². The summed E-state index contributed by atoms with van der Waals surface area (Å²) in [5.41, 5.74) is 0. The lowest BCUT2D eigenvalue weighted by Crippen LogP contribution is -2.25. The summed E-state index contributed by atoms with van der Waals surface area (Å²) in [5, 5.41) is 3.67. The molecule has 21 heavy (non-hydrogen) atoms. The van der Waals surface area contributed by atoms with Crippen LogP contribution in [0.2, 0.25) is 5.28 Å². The molecule has 0 spiro atoms. The maximum Gasteiger partial charge on any atom is 0.231 e. The first-order valence-corrected chi connectivity index (χ1v) is 8.49. The Morgan fingerprint density at radius 3 is 2.24 bits per heavy atom. The molecule has 2 aliphatic rings. The summed E-state index contributed by atoms with van der Waals surface area (Å²) in [6.07, 6.45) is 5.58. The molecule has 2 aliphatic carbocycles. The first kappa shape index (κ1) is 14.8. The number of halogens is 1. The molecule has 0 aromatic carbocycles. The Hall–Kier alpha value is -1.10. The van der Waals surface area contributed by atoms with E-state index in [1.807, 2.05) is 0 Å². The van der Waals surface area contributed by atoms with Crippen molar-refractivity contribution >= 4 is 23.5 Å². The minimum Gasteiger partial charge on any atom is -0.354 e. The van der Waals surface area contributed by atoms with Crippen LogP contribution in [0.4, 0.5) is 11.9 Å². The van der Waals surface area contributed by atoms with E-state index in [0.717, 1.165) is 37.4 Å². The molecule has 1 aromatic heterocycles. The molecule has 6 heteroatoms. The molecule has 1 N–H and O–H groups in total. The van der Waals surface area contributed by atoms with Crippen LogP contribution in [0.5, 0.6) is 0 Å². The summed E-state index contributed by atoms with van der Waals surface area (Å²) in [7, 11) is 0. The van der Waals surface area contributed by atoms with E-state index in [1.54, 1.807) is 0 Å². The van der Waals surface area contributed by atoms with Crippen molar-refractivity contribution in [1.29, 1.82) is 0 Å². The fourth-order valence-corrected chi connectivity index (χ4v) is 3.20. The summed E-state index contributed by atoms with van der Waals surface area (Å²) in [5.74, 6) is 3.91. The number of hydrogen-bond donors (Lipinski definition) is 1. The smallest absolute Gasteiger partial charge is 0.231 e. The molecule has 0 saturated heterocycles. The second-order valence-corrected chi connectivity index (χ2v) is 6.46. The van der Waals surface area contributed by atoms with Crippen molar-refractivity contribution in [2.45, 2.75) is 39.5 Å². The van der Waals surface area contributed by atoms with Gasteiger partial charge in [0.1, 0.15) is 0 Å². The van der Waals surface area contributed by atoms with Crippen LogP contribution < -0.4 is 10.2 Å². The molecule has 2 fully saturated rings. The molecule has 1 aromatic rings. The minimum atomic E-state index is 0.267. The average molecular weight is 310 g/mol. The molecule has 2 saturated carbocycles. The van der Waals surface area contributed by atoms with Gasteiger partial charge in [0.15, 0.2) is 0 Å². The van der Waals surface area contributed by atoms with Gasteiger partial charge in [-0.3, -0.25) is 0 Å². The molecule has 5 nitrogen and oxygen atoms in total. The molecule has 116 valence electrons. The van der Waals surface area contributed by atoms with Gasteiger partial charge in [-0.1, -0.05) is 0 Å². The quantitative estimate of drug-likeness (QED) is 0.799. The van der Waals surface area contributed by atoms with Crippen LogP contribution in [0.3, 0.4) is 0 Å². The highest BCUT2D eigenvalue weighted by atomic mass is 35.5. The first-order valence-electron chi connectivity index (χ1n) is 8.11. The van der Waals surface area contributed by atoms with E-state index in [4.69, 9.17) is 11.6 Å². The van der Waals surface area contributed by atoms with Gasteiger partial charge in [-0.2, -0.15) is 15.0 Å². The van der Waals surface area contributed by atoms with Gasteiger partial charge in [-0.15, -0.1) is 0 Å². The van der Waals surface area contributed by atoms with Crippen LogP contribution in [0.1, 0.15) is 39.5 Å². The Morgan fingerprint density at radius 2 is 1.71 bits per heavy atom. The highest BCUT2D eigenvalue weighted by Gasteiger charge is 2.41. The lowest BCUT2D eigenvalue weighted by Gasteiger charge is -2.20. The predicted molar refractivity (Wildman–Crippen MR) is 85.8 cm³/mol. The van der Waals surface area contributed by atoms with Gasteiger partial charge in [0.2, 0.25) is 17.2 Å². The molecule has 0 bridgehead atoms. The zero-order valence-corrected chi connectivity index (χ0v) is 13.6. The molecule has 3 rings (SSSR count). The van der Waals surface area contributed by atoms with E-state index < -0.39 is 0 Å². The van der Waals surface area contributed by atoms with E-state index in [1.165, 1.54) is 25.7 Å². The van der Waals surface area contributed by atoms with Crippen LogP contribution in [0, 0.1) is 17.8 Å². The Kier molecular flexibility index (Phi) is 4.48. The van der Waals surface area contributed by atoms with Crippen molar-refractivity contribution in [2.75, 3.05) is 29.9 Å². The summed E-state index contributed by atoms with van der Waals surface area (Å²) in [4.78, 5) is 15.0. The van der Waals surface area contributed by atoms with Crippen molar-refractivity contribution in [3.8, 4) is 0 Å². The maximum atomic E-state index is 6.04. The Labute approximate surface area is 131 Å². The molecular formula is C15H24ClN5. The number of hydrogen-bond acceptors (Lipinski definition) is 5. The van der Waals surface area contributed by atoms with Crippen molar-refractivity contribution in [3.05, 3.63) is 5.28 Å². The standard InChI is InChI=1S/C15H24ClN5/c1-3-21(4-2)15-19-13(16)18-14(20-15)17-9-12(10-5-6-10)11-7-8-11/h10-12H,3-9H2,1-2H3,(H,17,18,19,20). The molecular weight excluding hydrogens is 286 g/mol. The minimum absolute atomic E-state index is 0.267. The molecule has 0 aliphatic heterocycles. The van der Waals surface area contributed by atoms with Crippen molar-refractivity contribution in [1.82, 2.24) is 15.0 Å². The molecule has 0 atom stereocenters. The highest BCUT2D eigenvalue weighted by Crippen LogP contribution is 2.49. The molecule has 0 radical (unpaired) electrons. The van der Waals surface area contributed by atoms with E-state index in [2.05, 4.69) is 39.0 Å². The third kappa shape index (κ3) is 3.76. The number of nitrogens with zero attached hydrogens (tertiary/aromatic N) is 4. The molecule has 0 unspecified atom stereocenters. The van der Waals surface area contributed by atoms with Gasteiger partial charge in [-0.05, 0) is 68.9 Å². The maximum absolute atomic E-state index is 6.04. The van der Waals surface area contributed by atoms with Gasteiger partial charge in [0.25, 0.3) is 0 Å². The number of aromatic nitrogens is 3. The first-order chi connectivity index (χ1) is 10.2. The zero-order chi connectivity index (χ0) is 14.8. The van der Waals surface area contributed by atoms with Crippen molar-refractivity contribution in [2.24, 2.45) is 17.8 Å². The largest absolute Gasteiger partial charge is 0.354 e. The zero-order valence-electron chi connectivity index (χ0n) is 12.8. The van der Waals surface area contributed by atoms with E-state index in [0.29, 0.717) is 11.9 Å².